The lowest BCUT2D eigenvalue weighted by atomic mass is 10.1. The number of benzene rings is 3. The Morgan fingerprint density at radius 2 is 1.79 bits per heavy atom. The zero-order chi connectivity index (χ0) is 26.4. The molecular weight excluding hydrogens is 485 g/mol. The third-order valence-electron chi connectivity index (χ3n) is 6.52. The van der Waals surface area contributed by atoms with Crippen molar-refractivity contribution in [3.05, 3.63) is 111 Å². The number of para-hydroxylation sites is 1. The molecule has 0 aliphatic heterocycles. The van der Waals surface area contributed by atoms with E-state index in [0.717, 1.165) is 5.56 Å². The minimum Gasteiger partial charge on any atom is -0.383 e. The van der Waals surface area contributed by atoms with E-state index < -0.39 is 11.4 Å². The molecule has 3 aromatic heterocycles. The molecule has 38 heavy (non-hydrogen) atoms. The molecule has 0 radical (unpaired) electrons. The van der Waals surface area contributed by atoms with Crippen molar-refractivity contribution in [2.24, 2.45) is 5.18 Å². The van der Waals surface area contributed by atoms with E-state index in [1.807, 2.05) is 31.2 Å². The third kappa shape index (κ3) is 3.70. The number of nitrogens with zero attached hydrogens (tertiary/aromatic N) is 6. The standard InChI is InChI=1S/C28H20FN7O2/c1-16-6-2-3-11-22(16)36-20(13-17-7-5-10-21(29)23(17)28(36)37)14-35-27-24(26(30)31-15-32-27)25(33-35)18-8-4-9-19(12-18)34-38/h2-13,15H,14H2,1H3,(H2,30,31,32). The van der Waals surface area contributed by atoms with Gasteiger partial charge in [0.25, 0.3) is 5.56 Å². The maximum absolute atomic E-state index is 14.8. The number of fused-ring (bicyclic) bond motifs is 2. The van der Waals surface area contributed by atoms with E-state index in [-0.39, 0.29) is 23.4 Å². The Hall–Kier alpha value is -5.25. The number of nitrogens with two attached hydrogens (primary N) is 1. The molecule has 186 valence electrons. The summed E-state index contributed by atoms with van der Waals surface area (Å²) in [6.07, 6.45) is 1.34. The molecule has 0 saturated heterocycles. The molecule has 0 aliphatic rings. The van der Waals surface area contributed by atoms with Gasteiger partial charge in [0.15, 0.2) is 5.65 Å². The monoisotopic (exact) mass is 505 g/mol. The number of anilines is 1. The number of hydrogen-bond acceptors (Lipinski definition) is 7. The predicted octanol–water partition coefficient (Wildman–Crippen LogP) is 5.27. The van der Waals surface area contributed by atoms with Gasteiger partial charge in [-0.25, -0.2) is 19.0 Å². The maximum atomic E-state index is 14.8. The van der Waals surface area contributed by atoms with Crippen LogP contribution in [0.3, 0.4) is 0 Å². The molecule has 9 nitrogen and oxygen atoms in total. The van der Waals surface area contributed by atoms with Crippen LogP contribution in [0.1, 0.15) is 11.3 Å². The molecule has 6 aromatic rings. The van der Waals surface area contributed by atoms with Crippen LogP contribution in [-0.4, -0.2) is 24.3 Å². The number of hydrogen-bond donors (Lipinski definition) is 1. The highest BCUT2D eigenvalue weighted by Crippen LogP contribution is 2.32. The first-order chi connectivity index (χ1) is 18.5. The highest BCUT2D eigenvalue weighted by molar-refractivity contribution is 5.98. The Morgan fingerprint density at radius 3 is 2.61 bits per heavy atom. The van der Waals surface area contributed by atoms with Crippen LogP contribution in [0.2, 0.25) is 0 Å². The SMILES string of the molecule is Cc1ccccc1-n1c(Cn2nc(-c3cccc(N=O)c3)c3c(N)ncnc32)cc2cccc(F)c2c1=O. The Kier molecular flexibility index (Phi) is 5.49. The van der Waals surface area contributed by atoms with Crippen molar-refractivity contribution in [3.8, 4) is 16.9 Å². The van der Waals surface area contributed by atoms with Crippen molar-refractivity contribution in [2.45, 2.75) is 13.5 Å². The molecule has 0 atom stereocenters. The number of aryl methyl sites for hydroxylation is 1. The molecule has 2 N–H and O–H groups in total. The van der Waals surface area contributed by atoms with Crippen LogP contribution in [0.25, 0.3) is 38.8 Å². The summed E-state index contributed by atoms with van der Waals surface area (Å²) in [7, 11) is 0. The van der Waals surface area contributed by atoms with E-state index in [0.29, 0.717) is 39.1 Å². The fraction of sp³-hybridized carbons (Fsp3) is 0.0714. The number of nitrogen functional groups attached to an aromatic ring is 1. The van der Waals surface area contributed by atoms with Gasteiger partial charge in [-0.3, -0.25) is 9.36 Å². The Labute approximate surface area is 215 Å². The second-order valence-corrected chi connectivity index (χ2v) is 8.87. The minimum absolute atomic E-state index is 0.00950. The predicted molar refractivity (Wildman–Crippen MR) is 144 cm³/mol. The lowest BCUT2D eigenvalue weighted by molar-refractivity contribution is 0.635. The molecule has 0 fully saturated rings. The average molecular weight is 506 g/mol. The largest absolute Gasteiger partial charge is 0.383 e. The second-order valence-electron chi connectivity index (χ2n) is 8.87. The summed E-state index contributed by atoms with van der Waals surface area (Å²) in [6, 6.07) is 20.4. The van der Waals surface area contributed by atoms with Gasteiger partial charge in [0, 0.05) is 11.3 Å². The molecule has 0 spiro atoms. The van der Waals surface area contributed by atoms with Crippen molar-refractivity contribution in [1.82, 2.24) is 24.3 Å². The fourth-order valence-corrected chi connectivity index (χ4v) is 4.77. The summed E-state index contributed by atoms with van der Waals surface area (Å²) < 4.78 is 17.9. The minimum atomic E-state index is -0.586. The normalized spacial score (nSPS) is 11.3. The molecule has 0 aliphatic carbocycles. The highest BCUT2D eigenvalue weighted by atomic mass is 19.1. The van der Waals surface area contributed by atoms with E-state index in [1.54, 1.807) is 47.1 Å². The number of halogens is 1. The summed E-state index contributed by atoms with van der Waals surface area (Å²) in [5.41, 5.74) is 9.59. The molecule has 0 saturated carbocycles. The van der Waals surface area contributed by atoms with Crippen molar-refractivity contribution in [1.29, 1.82) is 0 Å². The fourth-order valence-electron chi connectivity index (χ4n) is 4.77. The number of nitroso groups, excluding NO2 is 1. The molecule has 10 heteroatoms. The van der Waals surface area contributed by atoms with Crippen LogP contribution >= 0.6 is 0 Å². The van der Waals surface area contributed by atoms with Crippen molar-refractivity contribution >= 4 is 33.3 Å². The Bertz CT molecular complexity index is 1940. The van der Waals surface area contributed by atoms with Gasteiger partial charge in [-0.05, 0) is 53.4 Å². The Morgan fingerprint density at radius 1 is 0.974 bits per heavy atom. The summed E-state index contributed by atoms with van der Waals surface area (Å²) in [5.74, 6) is -0.366. The quantitative estimate of drug-likeness (QED) is 0.319. The average Bonchev–Trinajstić information content (AvgIpc) is 3.29. The summed E-state index contributed by atoms with van der Waals surface area (Å²) >= 11 is 0. The van der Waals surface area contributed by atoms with Crippen molar-refractivity contribution < 1.29 is 4.39 Å². The van der Waals surface area contributed by atoms with Crippen molar-refractivity contribution in [2.75, 3.05) is 5.73 Å². The third-order valence-corrected chi connectivity index (χ3v) is 6.52. The molecule has 3 aromatic carbocycles. The van der Waals surface area contributed by atoms with Gasteiger partial charge in [0.2, 0.25) is 0 Å². The van der Waals surface area contributed by atoms with Crippen LogP contribution < -0.4 is 11.3 Å². The van der Waals surface area contributed by atoms with Crippen LogP contribution in [0.4, 0.5) is 15.9 Å². The van der Waals surface area contributed by atoms with Crippen LogP contribution in [0.5, 0.6) is 0 Å². The maximum Gasteiger partial charge on any atom is 0.266 e. The zero-order valence-corrected chi connectivity index (χ0v) is 20.2. The molecule has 6 rings (SSSR count). The highest BCUT2D eigenvalue weighted by Gasteiger charge is 2.21. The first kappa shape index (κ1) is 23.2. The lowest BCUT2D eigenvalue weighted by Gasteiger charge is -2.17. The first-order valence-corrected chi connectivity index (χ1v) is 11.8. The van der Waals surface area contributed by atoms with Crippen molar-refractivity contribution in [3.63, 3.8) is 0 Å². The number of rotatable bonds is 5. The summed E-state index contributed by atoms with van der Waals surface area (Å²) in [4.78, 5) is 33.4. The van der Waals surface area contributed by atoms with Gasteiger partial charge in [0.05, 0.1) is 23.0 Å². The van der Waals surface area contributed by atoms with E-state index in [2.05, 4.69) is 15.1 Å². The topological polar surface area (TPSA) is 121 Å². The van der Waals surface area contributed by atoms with E-state index in [4.69, 9.17) is 10.8 Å². The van der Waals surface area contributed by atoms with E-state index >= 15 is 0 Å². The lowest BCUT2D eigenvalue weighted by Crippen LogP contribution is -2.25. The Balaban J connectivity index is 1.62. The molecule has 0 amide bonds. The van der Waals surface area contributed by atoms with Gasteiger partial charge in [-0.1, -0.05) is 42.5 Å². The molecule has 0 unspecified atom stereocenters. The van der Waals surface area contributed by atoms with Gasteiger partial charge in [0.1, 0.15) is 29.3 Å². The van der Waals surface area contributed by atoms with Gasteiger partial charge >= 0.3 is 0 Å². The second kappa shape index (κ2) is 9.00. The number of aromatic nitrogens is 5. The van der Waals surface area contributed by atoms with Crippen LogP contribution in [0.15, 0.2) is 89.1 Å². The molecule has 0 bridgehead atoms. The molecule has 3 heterocycles. The van der Waals surface area contributed by atoms with Crippen LogP contribution in [-0.2, 0) is 6.54 Å². The summed E-state index contributed by atoms with van der Waals surface area (Å²) in [5, 5.41) is 8.79. The first-order valence-electron chi connectivity index (χ1n) is 11.8. The number of pyridine rings is 1. The van der Waals surface area contributed by atoms with Crippen LogP contribution in [0, 0.1) is 17.6 Å². The molecular formula is C28H20FN7O2. The van der Waals surface area contributed by atoms with Gasteiger partial charge in [-0.2, -0.15) is 5.10 Å². The van der Waals surface area contributed by atoms with E-state index in [1.165, 1.54) is 17.0 Å². The van der Waals surface area contributed by atoms with E-state index in [9.17, 15) is 14.1 Å². The smallest absolute Gasteiger partial charge is 0.266 e. The van der Waals surface area contributed by atoms with Gasteiger partial charge < -0.3 is 5.73 Å². The van der Waals surface area contributed by atoms with Gasteiger partial charge in [-0.15, -0.1) is 4.91 Å². The summed E-state index contributed by atoms with van der Waals surface area (Å²) in [6.45, 7) is 2.01. The zero-order valence-electron chi connectivity index (χ0n) is 20.2.